The third kappa shape index (κ3) is 2.24. The largest absolute Gasteiger partial charge is 0.326 e. The highest BCUT2D eigenvalue weighted by Gasteiger charge is 2.17. The molecule has 1 aromatic rings. The Morgan fingerprint density at radius 3 is 2.79 bits per heavy atom. The Morgan fingerprint density at radius 2 is 2.29 bits per heavy atom. The number of sulfonamides is 1. The SMILES string of the molecule is CC(C)S(=O)(=O)Nc1[nH]ncc1CN. The van der Waals surface area contributed by atoms with Crippen LogP contribution in [0.4, 0.5) is 5.82 Å². The lowest BCUT2D eigenvalue weighted by Gasteiger charge is -2.09. The summed E-state index contributed by atoms with van der Waals surface area (Å²) in [6.07, 6.45) is 1.50. The van der Waals surface area contributed by atoms with Gasteiger partial charge in [-0.2, -0.15) is 5.10 Å². The van der Waals surface area contributed by atoms with Gasteiger partial charge in [-0.3, -0.25) is 9.82 Å². The summed E-state index contributed by atoms with van der Waals surface area (Å²) in [5.41, 5.74) is 6.04. The Kier molecular flexibility index (Phi) is 3.12. The number of anilines is 1. The van der Waals surface area contributed by atoms with Crippen molar-refractivity contribution in [1.82, 2.24) is 10.2 Å². The van der Waals surface area contributed by atoms with Gasteiger partial charge in [-0.15, -0.1) is 0 Å². The van der Waals surface area contributed by atoms with Crippen LogP contribution in [0.25, 0.3) is 0 Å². The van der Waals surface area contributed by atoms with Gasteiger partial charge in [0.2, 0.25) is 10.0 Å². The molecule has 1 aromatic heterocycles. The molecule has 7 heteroatoms. The Morgan fingerprint density at radius 1 is 1.64 bits per heavy atom. The molecule has 0 aliphatic rings. The van der Waals surface area contributed by atoms with Crippen LogP contribution in [0.1, 0.15) is 19.4 Å². The predicted molar refractivity (Wildman–Crippen MR) is 54.2 cm³/mol. The predicted octanol–water partition coefficient (Wildman–Crippen LogP) is 0.0185. The van der Waals surface area contributed by atoms with Gasteiger partial charge in [0, 0.05) is 12.1 Å². The maximum atomic E-state index is 11.5. The number of rotatable bonds is 4. The summed E-state index contributed by atoms with van der Waals surface area (Å²) in [7, 11) is -3.33. The van der Waals surface area contributed by atoms with Crippen molar-refractivity contribution < 1.29 is 8.42 Å². The summed E-state index contributed by atoms with van der Waals surface area (Å²) >= 11 is 0. The van der Waals surface area contributed by atoms with Crippen LogP contribution in [-0.2, 0) is 16.6 Å². The highest BCUT2D eigenvalue weighted by atomic mass is 32.2. The van der Waals surface area contributed by atoms with Crippen LogP contribution in [0.3, 0.4) is 0 Å². The monoisotopic (exact) mass is 218 g/mol. The average molecular weight is 218 g/mol. The zero-order valence-electron chi connectivity index (χ0n) is 8.11. The van der Waals surface area contributed by atoms with Gasteiger partial charge in [0.15, 0.2) is 0 Å². The molecular weight excluding hydrogens is 204 g/mol. The van der Waals surface area contributed by atoms with Crippen molar-refractivity contribution in [2.45, 2.75) is 25.6 Å². The molecule has 0 atom stereocenters. The molecule has 6 nitrogen and oxygen atoms in total. The first-order valence-corrected chi connectivity index (χ1v) is 5.76. The molecule has 0 aliphatic carbocycles. The molecule has 1 heterocycles. The molecule has 0 saturated carbocycles. The zero-order chi connectivity index (χ0) is 10.8. The van der Waals surface area contributed by atoms with E-state index < -0.39 is 15.3 Å². The first-order chi connectivity index (χ1) is 6.47. The molecule has 0 bridgehead atoms. The summed E-state index contributed by atoms with van der Waals surface area (Å²) in [6, 6.07) is 0. The Hall–Kier alpha value is -1.08. The van der Waals surface area contributed by atoms with E-state index in [1.54, 1.807) is 13.8 Å². The van der Waals surface area contributed by atoms with Crippen molar-refractivity contribution in [1.29, 1.82) is 0 Å². The molecule has 0 saturated heterocycles. The van der Waals surface area contributed by atoms with E-state index in [1.807, 2.05) is 0 Å². The van der Waals surface area contributed by atoms with Crippen LogP contribution < -0.4 is 10.5 Å². The van der Waals surface area contributed by atoms with Crippen LogP contribution in [0.15, 0.2) is 6.20 Å². The van der Waals surface area contributed by atoms with Gasteiger partial charge in [0.1, 0.15) is 5.82 Å². The van der Waals surface area contributed by atoms with Crippen molar-refractivity contribution in [2.24, 2.45) is 5.73 Å². The summed E-state index contributed by atoms with van der Waals surface area (Å²) in [6.45, 7) is 3.44. The molecular formula is C7H14N4O2S. The molecule has 0 radical (unpaired) electrons. The third-order valence-corrected chi connectivity index (χ3v) is 3.53. The highest BCUT2D eigenvalue weighted by Crippen LogP contribution is 2.13. The molecule has 0 unspecified atom stereocenters. The van der Waals surface area contributed by atoms with E-state index in [9.17, 15) is 8.42 Å². The fourth-order valence-corrected chi connectivity index (χ4v) is 1.51. The Bertz CT molecular complexity index is 396. The van der Waals surface area contributed by atoms with E-state index in [4.69, 9.17) is 5.73 Å². The van der Waals surface area contributed by atoms with Crippen molar-refractivity contribution in [2.75, 3.05) is 4.72 Å². The number of hydrogen-bond donors (Lipinski definition) is 3. The lowest BCUT2D eigenvalue weighted by atomic mass is 10.3. The summed E-state index contributed by atoms with van der Waals surface area (Å²) < 4.78 is 25.3. The topological polar surface area (TPSA) is 101 Å². The van der Waals surface area contributed by atoms with Crippen LogP contribution in [0.2, 0.25) is 0 Å². The van der Waals surface area contributed by atoms with E-state index >= 15 is 0 Å². The fourth-order valence-electron chi connectivity index (χ4n) is 0.814. The molecule has 0 spiro atoms. The first-order valence-electron chi connectivity index (χ1n) is 4.21. The number of aromatic nitrogens is 2. The van der Waals surface area contributed by atoms with Gasteiger partial charge in [-0.05, 0) is 13.8 Å². The number of nitrogens with zero attached hydrogens (tertiary/aromatic N) is 1. The van der Waals surface area contributed by atoms with Crippen LogP contribution in [-0.4, -0.2) is 23.9 Å². The second kappa shape index (κ2) is 3.97. The van der Waals surface area contributed by atoms with E-state index in [0.29, 0.717) is 11.4 Å². The molecule has 14 heavy (non-hydrogen) atoms. The summed E-state index contributed by atoms with van der Waals surface area (Å²) in [4.78, 5) is 0. The second-order valence-corrected chi connectivity index (χ2v) is 5.41. The normalized spacial score (nSPS) is 12.0. The van der Waals surface area contributed by atoms with E-state index in [1.165, 1.54) is 6.20 Å². The standard InChI is InChI=1S/C7H14N4O2S/c1-5(2)14(12,13)11-7-6(3-8)4-9-10-7/h4-5H,3,8H2,1-2H3,(H2,9,10,11). The van der Waals surface area contributed by atoms with Gasteiger partial charge in [-0.1, -0.05) is 0 Å². The van der Waals surface area contributed by atoms with E-state index in [-0.39, 0.29) is 6.54 Å². The van der Waals surface area contributed by atoms with Gasteiger partial charge < -0.3 is 5.73 Å². The molecule has 0 fully saturated rings. The molecule has 0 amide bonds. The second-order valence-electron chi connectivity index (χ2n) is 3.17. The van der Waals surface area contributed by atoms with Crippen LogP contribution in [0.5, 0.6) is 0 Å². The van der Waals surface area contributed by atoms with Gasteiger partial charge in [0.25, 0.3) is 0 Å². The van der Waals surface area contributed by atoms with Gasteiger partial charge >= 0.3 is 0 Å². The van der Waals surface area contributed by atoms with Crippen molar-refractivity contribution in [3.63, 3.8) is 0 Å². The van der Waals surface area contributed by atoms with Crippen LogP contribution in [0, 0.1) is 0 Å². The maximum absolute atomic E-state index is 11.5. The molecule has 80 valence electrons. The number of aromatic amines is 1. The Balaban J connectivity index is 2.89. The highest BCUT2D eigenvalue weighted by molar-refractivity contribution is 7.93. The molecule has 0 aliphatic heterocycles. The van der Waals surface area contributed by atoms with Crippen molar-refractivity contribution in [3.8, 4) is 0 Å². The number of hydrogen-bond acceptors (Lipinski definition) is 4. The maximum Gasteiger partial charge on any atom is 0.236 e. The fraction of sp³-hybridized carbons (Fsp3) is 0.571. The average Bonchev–Trinajstić information content (AvgIpc) is 2.50. The van der Waals surface area contributed by atoms with Crippen molar-refractivity contribution in [3.05, 3.63) is 11.8 Å². The molecule has 1 rings (SSSR count). The van der Waals surface area contributed by atoms with E-state index in [2.05, 4.69) is 14.9 Å². The number of nitrogens with two attached hydrogens (primary N) is 1. The quantitative estimate of drug-likeness (QED) is 0.663. The zero-order valence-corrected chi connectivity index (χ0v) is 8.93. The first kappa shape index (κ1) is 11.0. The van der Waals surface area contributed by atoms with Crippen molar-refractivity contribution >= 4 is 15.8 Å². The third-order valence-electron chi connectivity index (χ3n) is 1.80. The number of nitrogens with one attached hydrogen (secondary N) is 2. The van der Waals surface area contributed by atoms with E-state index in [0.717, 1.165) is 0 Å². The lowest BCUT2D eigenvalue weighted by molar-refractivity contribution is 0.592. The minimum atomic E-state index is -3.33. The Labute approximate surface area is 82.9 Å². The minimum absolute atomic E-state index is 0.243. The lowest BCUT2D eigenvalue weighted by Crippen LogP contribution is -2.23. The summed E-state index contributed by atoms with van der Waals surface area (Å²) in [5, 5.41) is 5.76. The van der Waals surface area contributed by atoms with Crippen LogP contribution >= 0.6 is 0 Å². The molecule has 4 N–H and O–H groups in total. The number of H-pyrrole nitrogens is 1. The smallest absolute Gasteiger partial charge is 0.236 e. The summed E-state index contributed by atoms with van der Waals surface area (Å²) in [5.74, 6) is 0.348. The van der Waals surface area contributed by atoms with Gasteiger partial charge in [0.05, 0.1) is 11.4 Å². The minimum Gasteiger partial charge on any atom is -0.326 e. The molecule has 0 aromatic carbocycles. The van der Waals surface area contributed by atoms with Gasteiger partial charge in [-0.25, -0.2) is 8.42 Å².